The van der Waals surface area contributed by atoms with Gasteiger partial charge in [0.1, 0.15) is 0 Å². The van der Waals surface area contributed by atoms with Gasteiger partial charge in [-0.3, -0.25) is 4.90 Å². The van der Waals surface area contributed by atoms with Crippen LogP contribution >= 0.6 is 11.6 Å². The molecular formula is C16H23ClN2. The number of hydrogen-bond acceptors (Lipinski definition) is 2. The Morgan fingerprint density at radius 3 is 2.74 bits per heavy atom. The maximum atomic E-state index is 6.08. The van der Waals surface area contributed by atoms with Gasteiger partial charge in [0.25, 0.3) is 0 Å². The zero-order valence-electron chi connectivity index (χ0n) is 11.5. The molecule has 0 spiro atoms. The Labute approximate surface area is 121 Å². The lowest BCUT2D eigenvalue weighted by atomic mass is 10.1. The van der Waals surface area contributed by atoms with Crippen LogP contribution in [0.15, 0.2) is 24.3 Å². The van der Waals surface area contributed by atoms with Gasteiger partial charge in [-0.1, -0.05) is 23.7 Å². The van der Waals surface area contributed by atoms with Crippen molar-refractivity contribution in [2.24, 2.45) is 0 Å². The highest BCUT2D eigenvalue weighted by molar-refractivity contribution is 6.30. The van der Waals surface area contributed by atoms with Crippen LogP contribution in [0, 0.1) is 0 Å². The van der Waals surface area contributed by atoms with Gasteiger partial charge in [-0.25, -0.2) is 0 Å². The predicted molar refractivity (Wildman–Crippen MR) is 80.6 cm³/mol. The summed E-state index contributed by atoms with van der Waals surface area (Å²) in [6, 6.07) is 9.06. The fraction of sp³-hybridized carbons (Fsp3) is 0.625. The Morgan fingerprint density at radius 2 is 1.95 bits per heavy atom. The van der Waals surface area contributed by atoms with E-state index in [2.05, 4.69) is 28.0 Å². The van der Waals surface area contributed by atoms with Gasteiger partial charge in [0.05, 0.1) is 0 Å². The van der Waals surface area contributed by atoms with Gasteiger partial charge >= 0.3 is 0 Å². The van der Waals surface area contributed by atoms with Crippen LogP contribution in [0.5, 0.6) is 0 Å². The predicted octanol–water partition coefficient (Wildman–Crippen LogP) is 3.40. The monoisotopic (exact) mass is 278 g/mol. The van der Waals surface area contributed by atoms with Crippen LogP contribution in [0.4, 0.5) is 0 Å². The molecular weight excluding hydrogens is 256 g/mol. The Kier molecular flexibility index (Phi) is 4.42. The smallest absolute Gasteiger partial charge is 0.0409 e. The molecule has 0 bridgehead atoms. The highest BCUT2D eigenvalue weighted by Crippen LogP contribution is 2.23. The van der Waals surface area contributed by atoms with Crippen molar-refractivity contribution in [3.05, 3.63) is 34.9 Å². The molecule has 1 aromatic rings. The van der Waals surface area contributed by atoms with E-state index in [0.717, 1.165) is 17.6 Å². The third kappa shape index (κ3) is 3.50. The standard InChI is InChI=1S/C16H23ClN2/c17-15-6-3-5-14(11-15)12-19-10-4-7-16(19)13-18-8-1-2-9-18/h3,5-6,11,16H,1-2,4,7-10,12-13H2. The van der Waals surface area contributed by atoms with E-state index in [1.807, 2.05) is 6.07 Å². The topological polar surface area (TPSA) is 6.48 Å². The van der Waals surface area contributed by atoms with Crippen molar-refractivity contribution < 1.29 is 0 Å². The quantitative estimate of drug-likeness (QED) is 0.833. The maximum Gasteiger partial charge on any atom is 0.0409 e. The molecule has 0 amide bonds. The summed E-state index contributed by atoms with van der Waals surface area (Å²) in [6.45, 7) is 6.17. The van der Waals surface area contributed by atoms with Gasteiger partial charge in [-0.15, -0.1) is 0 Å². The van der Waals surface area contributed by atoms with Crippen LogP contribution in [0.1, 0.15) is 31.2 Å². The summed E-state index contributed by atoms with van der Waals surface area (Å²) in [7, 11) is 0. The molecule has 0 aromatic heterocycles. The molecule has 19 heavy (non-hydrogen) atoms. The molecule has 2 nitrogen and oxygen atoms in total. The highest BCUT2D eigenvalue weighted by Gasteiger charge is 2.27. The molecule has 2 saturated heterocycles. The van der Waals surface area contributed by atoms with E-state index in [1.165, 1.54) is 57.4 Å². The first-order valence-corrected chi connectivity index (χ1v) is 7.90. The van der Waals surface area contributed by atoms with Crippen molar-refractivity contribution in [3.8, 4) is 0 Å². The van der Waals surface area contributed by atoms with Crippen molar-refractivity contribution in [1.29, 1.82) is 0 Å². The molecule has 3 heteroatoms. The number of benzene rings is 1. The fourth-order valence-corrected chi connectivity index (χ4v) is 3.66. The second kappa shape index (κ2) is 6.25. The van der Waals surface area contributed by atoms with Gasteiger partial charge in [-0.2, -0.15) is 0 Å². The lowest BCUT2D eigenvalue weighted by Gasteiger charge is -2.28. The van der Waals surface area contributed by atoms with Gasteiger partial charge in [0.15, 0.2) is 0 Å². The molecule has 104 valence electrons. The average molecular weight is 279 g/mol. The Balaban J connectivity index is 1.59. The molecule has 2 fully saturated rings. The summed E-state index contributed by atoms with van der Waals surface area (Å²) in [4.78, 5) is 5.28. The minimum absolute atomic E-state index is 0.747. The minimum Gasteiger partial charge on any atom is -0.302 e. The summed E-state index contributed by atoms with van der Waals surface area (Å²) in [5, 5.41) is 0.854. The second-order valence-corrected chi connectivity index (χ2v) is 6.34. The number of hydrogen-bond donors (Lipinski definition) is 0. The molecule has 0 saturated carbocycles. The molecule has 0 N–H and O–H groups in total. The van der Waals surface area contributed by atoms with Gasteiger partial charge < -0.3 is 4.90 Å². The van der Waals surface area contributed by atoms with E-state index in [9.17, 15) is 0 Å². The van der Waals surface area contributed by atoms with E-state index in [1.54, 1.807) is 0 Å². The number of likely N-dealkylation sites (tertiary alicyclic amines) is 2. The van der Waals surface area contributed by atoms with Crippen molar-refractivity contribution in [3.63, 3.8) is 0 Å². The Hall–Kier alpha value is -0.570. The minimum atomic E-state index is 0.747. The van der Waals surface area contributed by atoms with E-state index in [0.29, 0.717) is 0 Å². The first-order valence-electron chi connectivity index (χ1n) is 7.52. The molecule has 2 aliphatic rings. The lowest BCUT2D eigenvalue weighted by molar-refractivity contribution is 0.185. The molecule has 2 aliphatic heterocycles. The second-order valence-electron chi connectivity index (χ2n) is 5.90. The van der Waals surface area contributed by atoms with Crippen molar-refractivity contribution in [2.45, 2.75) is 38.3 Å². The molecule has 3 rings (SSSR count). The van der Waals surface area contributed by atoms with Crippen LogP contribution in [0.25, 0.3) is 0 Å². The maximum absolute atomic E-state index is 6.08. The summed E-state index contributed by atoms with van der Waals surface area (Å²) >= 11 is 6.08. The van der Waals surface area contributed by atoms with Crippen LogP contribution in [0.3, 0.4) is 0 Å². The molecule has 0 radical (unpaired) electrons. The number of nitrogens with zero attached hydrogens (tertiary/aromatic N) is 2. The zero-order chi connectivity index (χ0) is 13.1. The molecule has 1 atom stereocenters. The fourth-order valence-electron chi connectivity index (χ4n) is 3.44. The van der Waals surface area contributed by atoms with Crippen molar-refractivity contribution in [2.75, 3.05) is 26.2 Å². The summed E-state index contributed by atoms with van der Waals surface area (Å²) in [5.41, 5.74) is 1.35. The summed E-state index contributed by atoms with van der Waals surface area (Å²) in [6.07, 6.45) is 5.48. The molecule has 2 heterocycles. The van der Waals surface area contributed by atoms with E-state index < -0.39 is 0 Å². The van der Waals surface area contributed by atoms with E-state index >= 15 is 0 Å². The Bertz CT molecular complexity index is 415. The Morgan fingerprint density at radius 1 is 1.11 bits per heavy atom. The van der Waals surface area contributed by atoms with E-state index in [-0.39, 0.29) is 0 Å². The third-order valence-corrected chi connectivity index (χ3v) is 4.68. The van der Waals surface area contributed by atoms with Gasteiger partial charge in [-0.05, 0) is 63.0 Å². The van der Waals surface area contributed by atoms with Crippen LogP contribution < -0.4 is 0 Å². The van der Waals surface area contributed by atoms with Gasteiger partial charge in [0.2, 0.25) is 0 Å². The molecule has 0 aliphatic carbocycles. The first-order chi connectivity index (χ1) is 9.31. The zero-order valence-corrected chi connectivity index (χ0v) is 12.3. The van der Waals surface area contributed by atoms with Crippen LogP contribution in [-0.2, 0) is 6.54 Å². The molecule has 1 unspecified atom stereocenters. The van der Waals surface area contributed by atoms with Crippen LogP contribution in [-0.4, -0.2) is 42.0 Å². The van der Waals surface area contributed by atoms with E-state index in [4.69, 9.17) is 11.6 Å². The van der Waals surface area contributed by atoms with Crippen molar-refractivity contribution in [1.82, 2.24) is 9.80 Å². The van der Waals surface area contributed by atoms with Gasteiger partial charge in [0, 0.05) is 24.2 Å². The molecule has 1 aromatic carbocycles. The number of halogens is 1. The largest absolute Gasteiger partial charge is 0.302 e. The first kappa shape index (κ1) is 13.4. The average Bonchev–Trinajstić information content (AvgIpc) is 3.03. The lowest BCUT2D eigenvalue weighted by Crippen LogP contribution is -2.38. The third-order valence-electron chi connectivity index (χ3n) is 4.44. The number of rotatable bonds is 4. The highest BCUT2D eigenvalue weighted by atomic mass is 35.5. The normalized spacial score (nSPS) is 25.2. The summed E-state index contributed by atoms with van der Waals surface area (Å²) < 4.78 is 0. The van der Waals surface area contributed by atoms with Crippen LogP contribution in [0.2, 0.25) is 5.02 Å². The van der Waals surface area contributed by atoms with Crippen molar-refractivity contribution >= 4 is 11.6 Å². The SMILES string of the molecule is Clc1cccc(CN2CCCC2CN2CCCC2)c1. The summed E-state index contributed by atoms with van der Waals surface area (Å²) in [5.74, 6) is 0.